The van der Waals surface area contributed by atoms with Gasteiger partial charge in [0.1, 0.15) is 11.5 Å². The van der Waals surface area contributed by atoms with Crippen molar-refractivity contribution in [2.75, 3.05) is 12.4 Å². The number of rotatable bonds is 5. The molecule has 1 aliphatic carbocycles. The molecular formula is C22H22FN5O3. The van der Waals surface area contributed by atoms with Gasteiger partial charge >= 0.3 is 0 Å². The van der Waals surface area contributed by atoms with Crippen LogP contribution >= 0.6 is 0 Å². The van der Waals surface area contributed by atoms with Crippen LogP contribution in [0.4, 0.5) is 10.3 Å². The third-order valence-corrected chi connectivity index (χ3v) is 6.07. The van der Waals surface area contributed by atoms with Crippen molar-refractivity contribution in [1.82, 2.24) is 19.9 Å². The highest BCUT2D eigenvalue weighted by molar-refractivity contribution is 6.02. The van der Waals surface area contributed by atoms with E-state index < -0.39 is 5.82 Å². The van der Waals surface area contributed by atoms with E-state index in [1.54, 1.807) is 11.1 Å². The number of anilines is 1. The fraction of sp³-hybridized carbons (Fsp3) is 0.364. The van der Waals surface area contributed by atoms with Crippen LogP contribution in [0.15, 0.2) is 18.3 Å². The number of benzene rings is 1. The van der Waals surface area contributed by atoms with E-state index in [1.807, 2.05) is 13.0 Å². The van der Waals surface area contributed by atoms with Crippen LogP contribution < -0.4 is 10.1 Å². The molecule has 2 aliphatic rings. The van der Waals surface area contributed by atoms with E-state index in [0.717, 1.165) is 12.8 Å². The van der Waals surface area contributed by atoms with Gasteiger partial charge in [0.25, 0.3) is 5.91 Å². The Hall–Kier alpha value is -3.49. The molecule has 3 aromatic rings. The van der Waals surface area contributed by atoms with Crippen molar-refractivity contribution in [3.05, 3.63) is 35.3 Å². The molecular weight excluding hydrogens is 401 g/mol. The summed E-state index contributed by atoms with van der Waals surface area (Å²) < 4.78 is 20.5. The highest BCUT2D eigenvalue weighted by atomic mass is 19.1. The molecule has 160 valence electrons. The number of methoxy groups -OCH3 is 1. The Morgan fingerprint density at radius 3 is 2.81 bits per heavy atom. The second-order valence-electron chi connectivity index (χ2n) is 8.17. The van der Waals surface area contributed by atoms with Crippen molar-refractivity contribution in [2.24, 2.45) is 5.92 Å². The largest absolute Gasteiger partial charge is 0.480 e. The van der Waals surface area contributed by atoms with E-state index in [1.165, 1.54) is 20.1 Å². The van der Waals surface area contributed by atoms with Gasteiger partial charge in [-0.25, -0.2) is 4.39 Å². The van der Waals surface area contributed by atoms with Gasteiger partial charge in [0.15, 0.2) is 0 Å². The van der Waals surface area contributed by atoms with Crippen LogP contribution in [-0.4, -0.2) is 44.8 Å². The normalized spacial score (nSPS) is 16.5. The van der Waals surface area contributed by atoms with E-state index in [9.17, 15) is 9.59 Å². The molecule has 9 heteroatoms. The SMILES string of the molecule is COc1nc(NC(C)=O)nc2[nH]cc(-c3cc(F)c4c(c3)CN([C@@H](C)C3CC3)C4=O)c12. The summed E-state index contributed by atoms with van der Waals surface area (Å²) in [5, 5.41) is 3.11. The molecule has 3 heterocycles. The number of halogens is 1. The first-order valence-electron chi connectivity index (χ1n) is 10.2. The van der Waals surface area contributed by atoms with Crippen LogP contribution in [0.2, 0.25) is 0 Å². The number of H-pyrrole nitrogens is 1. The Morgan fingerprint density at radius 2 is 2.13 bits per heavy atom. The molecule has 0 bridgehead atoms. The summed E-state index contributed by atoms with van der Waals surface area (Å²) in [5.74, 6) is -0.200. The third kappa shape index (κ3) is 3.20. The van der Waals surface area contributed by atoms with Crippen LogP contribution in [0.3, 0.4) is 0 Å². The lowest BCUT2D eigenvalue weighted by atomic mass is 10.00. The summed E-state index contributed by atoms with van der Waals surface area (Å²) in [7, 11) is 1.47. The molecule has 0 unspecified atom stereocenters. The topological polar surface area (TPSA) is 100 Å². The Morgan fingerprint density at radius 1 is 1.35 bits per heavy atom. The predicted octanol–water partition coefficient (Wildman–Crippen LogP) is 3.49. The quantitative estimate of drug-likeness (QED) is 0.654. The molecule has 2 N–H and O–H groups in total. The number of ether oxygens (including phenoxy) is 1. The fourth-order valence-electron chi connectivity index (χ4n) is 4.33. The number of nitrogens with zero attached hydrogens (tertiary/aromatic N) is 3. The Bertz CT molecular complexity index is 1230. The summed E-state index contributed by atoms with van der Waals surface area (Å²) in [5.41, 5.74) is 2.55. The Kier molecular flexibility index (Phi) is 4.42. The molecule has 1 aromatic carbocycles. The van der Waals surface area contributed by atoms with Gasteiger partial charge < -0.3 is 14.6 Å². The van der Waals surface area contributed by atoms with Gasteiger partial charge in [0.05, 0.1) is 18.1 Å². The van der Waals surface area contributed by atoms with Gasteiger partial charge in [-0.3, -0.25) is 14.9 Å². The Labute approximate surface area is 177 Å². The van der Waals surface area contributed by atoms with Gasteiger partial charge in [-0.1, -0.05) is 0 Å². The zero-order chi connectivity index (χ0) is 21.9. The van der Waals surface area contributed by atoms with Gasteiger partial charge in [-0.05, 0) is 48.9 Å². The summed E-state index contributed by atoms with van der Waals surface area (Å²) in [6.07, 6.45) is 3.93. The molecule has 2 amide bonds. The monoisotopic (exact) mass is 423 g/mol. The zero-order valence-corrected chi connectivity index (χ0v) is 17.5. The number of carbonyl (C=O) groups is 2. The van der Waals surface area contributed by atoms with E-state index in [2.05, 4.69) is 20.3 Å². The minimum absolute atomic E-state index is 0.108. The van der Waals surface area contributed by atoms with E-state index in [4.69, 9.17) is 4.74 Å². The molecule has 0 radical (unpaired) electrons. The molecule has 1 aliphatic heterocycles. The van der Waals surface area contributed by atoms with Gasteiger partial charge in [0.2, 0.25) is 17.7 Å². The van der Waals surface area contributed by atoms with Crippen LogP contribution in [0.1, 0.15) is 42.6 Å². The van der Waals surface area contributed by atoms with Gasteiger partial charge in [0, 0.05) is 31.3 Å². The zero-order valence-electron chi connectivity index (χ0n) is 17.5. The second-order valence-corrected chi connectivity index (χ2v) is 8.17. The smallest absolute Gasteiger partial charge is 0.257 e. The number of hydrogen-bond acceptors (Lipinski definition) is 5. The number of amides is 2. The van der Waals surface area contributed by atoms with E-state index in [-0.39, 0.29) is 35.2 Å². The Balaban J connectivity index is 1.58. The highest BCUT2D eigenvalue weighted by Crippen LogP contribution is 2.41. The molecule has 8 nitrogen and oxygen atoms in total. The first-order chi connectivity index (χ1) is 14.9. The van der Waals surface area contributed by atoms with E-state index >= 15 is 4.39 Å². The maximum absolute atomic E-state index is 15.1. The van der Waals surface area contributed by atoms with Crippen molar-refractivity contribution < 1.29 is 18.7 Å². The molecule has 0 spiro atoms. The van der Waals surface area contributed by atoms with Crippen molar-refractivity contribution in [3.63, 3.8) is 0 Å². The van der Waals surface area contributed by atoms with Crippen LogP contribution in [0.5, 0.6) is 5.88 Å². The number of nitrogens with one attached hydrogen (secondary N) is 2. The predicted molar refractivity (Wildman–Crippen MR) is 112 cm³/mol. The number of aromatic nitrogens is 3. The minimum atomic E-state index is -0.535. The fourth-order valence-corrected chi connectivity index (χ4v) is 4.33. The van der Waals surface area contributed by atoms with E-state index in [0.29, 0.717) is 40.2 Å². The number of fused-ring (bicyclic) bond motifs is 2. The van der Waals surface area contributed by atoms with Crippen molar-refractivity contribution in [1.29, 1.82) is 0 Å². The van der Waals surface area contributed by atoms with Crippen LogP contribution in [0, 0.1) is 11.7 Å². The maximum atomic E-state index is 15.1. The van der Waals surface area contributed by atoms with Crippen molar-refractivity contribution in [3.8, 4) is 17.0 Å². The number of aromatic amines is 1. The molecule has 2 aromatic heterocycles. The second kappa shape index (κ2) is 7.04. The minimum Gasteiger partial charge on any atom is -0.480 e. The third-order valence-electron chi connectivity index (χ3n) is 6.07. The number of carbonyl (C=O) groups excluding carboxylic acids is 2. The standard InChI is InChI=1S/C22H22FN5O3/c1-10(12-4-5-12)28-9-14-6-13(7-16(23)17(14)21(28)30)15-8-24-19-18(15)20(31-3)27-22(26-19)25-11(2)29/h6-8,10,12H,4-5,9H2,1-3H3,(H2,24,25,26,27,29)/t10-/m0/s1. The first kappa shape index (κ1) is 19.5. The van der Waals surface area contributed by atoms with Gasteiger partial charge in [-0.2, -0.15) is 9.97 Å². The lowest BCUT2D eigenvalue weighted by molar-refractivity contribution is -0.114. The molecule has 1 saturated carbocycles. The first-order valence-corrected chi connectivity index (χ1v) is 10.2. The number of hydrogen-bond donors (Lipinski definition) is 2. The summed E-state index contributed by atoms with van der Waals surface area (Å²) in [4.78, 5) is 37.5. The average molecular weight is 423 g/mol. The molecule has 31 heavy (non-hydrogen) atoms. The van der Waals surface area contributed by atoms with Crippen molar-refractivity contribution >= 4 is 28.8 Å². The van der Waals surface area contributed by atoms with Crippen molar-refractivity contribution in [2.45, 2.75) is 39.3 Å². The maximum Gasteiger partial charge on any atom is 0.257 e. The lowest BCUT2D eigenvalue weighted by Crippen LogP contribution is -2.34. The summed E-state index contributed by atoms with van der Waals surface area (Å²) in [6, 6.07) is 3.32. The molecule has 1 atom stereocenters. The van der Waals surface area contributed by atoms with Crippen LogP contribution in [-0.2, 0) is 11.3 Å². The molecule has 5 rings (SSSR count). The van der Waals surface area contributed by atoms with Gasteiger partial charge in [-0.15, -0.1) is 0 Å². The lowest BCUT2D eigenvalue weighted by Gasteiger charge is -2.23. The molecule has 0 saturated heterocycles. The molecule has 1 fully saturated rings. The summed E-state index contributed by atoms with van der Waals surface area (Å²) >= 11 is 0. The highest BCUT2D eigenvalue weighted by Gasteiger charge is 2.40. The summed E-state index contributed by atoms with van der Waals surface area (Å²) in [6.45, 7) is 3.80. The average Bonchev–Trinajstić information content (AvgIpc) is 3.40. The van der Waals surface area contributed by atoms with Crippen LogP contribution in [0.25, 0.3) is 22.2 Å².